The zero-order valence-corrected chi connectivity index (χ0v) is 79.6. The van der Waals surface area contributed by atoms with Crippen LogP contribution in [0, 0.1) is 62.1 Å². The van der Waals surface area contributed by atoms with E-state index in [1.807, 2.05) is 20.8 Å². The monoisotopic (exact) mass is 1990 g/mol. The molecule has 13 rings (SSSR count). The van der Waals surface area contributed by atoms with E-state index in [1.54, 1.807) is 27.7 Å². The number of ether oxygens (including phenoxy) is 18. The van der Waals surface area contributed by atoms with Crippen molar-refractivity contribution in [2.45, 2.75) is 437 Å². The normalized spacial score (nSPS) is 48.8. The molecule has 4 saturated carbocycles. The number of aliphatic hydroxyl groups excluding tert-OH is 22. The number of aliphatic hydroxyl groups is 22. The van der Waals surface area contributed by atoms with E-state index < -0.39 is 378 Å². The molecule has 0 aromatic carbocycles. The second kappa shape index (κ2) is 44.5. The zero-order valence-electron chi connectivity index (χ0n) is 79.6. The number of allylic oxidation sites excluding steroid dienone is 2. The summed E-state index contributed by atoms with van der Waals surface area (Å²) in [4.78, 5) is 72.1. The average molecular weight is 1990 g/mol. The molecule has 23 unspecified atom stereocenters. The molecule has 0 aromatic rings. The largest absolute Gasteiger partial charge is 0.479 e. The topological polar surface area (TPSA) is 717 Å². The van der Waals surface area contributed by atoms with Gasteiger partial charge >= 0.3 is 23.9 Å². The Hall–Kier alpha value is -4.19. The van der Waals surface area contributed by atoms with Gasteiger partial charge in [-0.1, -0.05) is 93.7 Å². The van der Waals surface area contributed by atoms with E-state index in [0.717, 1.165) is 11.9 Å². The first-order valence-electron chi connectivity index (χ1n) is 48.4. The Balaban J connectivity index is 0.748. The van der Waals surface area contributed by atoms with Crippen LogP contribution in [0.2, 0.25) is 0 Å². The maximum atomic E-state index is 16.4. The van der Waals surface area contributed by atoms with Crippen LogP contribution in [0.5, 0.6) is 0 Å². The summed E-state index contributed by atoms with van der Waals surface area (Å²) in [6.45, 7) is 18.6. The van der Waals surface area contributed by atoms with E-state index >= 15 is 4.79 Å². The number of fused-ring (bicyclic) bond motifs is 7. The minimum absolute atomic E-state index is 0.0129. The third-order valence-electron chi connectivity index (χ3n) is 33.2. The van der Waals surface area contributed by atoms with E-state index in [9.17, 15) is 137 Å². The van der Waals surface area contributed by atoms with Crippen LogP contribution in [0.25, 0.3) is 0 Å². The summed E-state index contributed by atoms with van der Waals surface area (Å²) in [5, 5.41) is 256. The van der Waals surface area contributed by atoms with Gasteiger partial charge in [0.1, 0.15) is 158 Å². The Morgan fingerprint density at radius 1 is 0.471 bits per heavy atom. The summed E-state index contributed by atoms with van der Waals surface area (Å²) in [5.41, 5.74) is -5.53. The number of hydrogen-bond donors (Lipinski definition) is 23. The third-order valence-corrected chi connectivity index (χ3v) is 33.2. The van der Waals surface area contributed by atoms with Gasteiger partial charge in [-0.2, -0.15) is 0 Å². The molecular formula is C92H148O46. The first-order valence-corrected chi connectivity index (χ1v) is 48.4. The van der Waals surface area contributed by atoms with E-state index in [-0.39, 0.29) is 43.9 Å². The van der Waals surface area contributed by atoms with E-state index in [0.29, 0.717) is 51.4 Å². The van der Waals surface area contributed by atoms with Crippen LogP contribution in [-0.2, 0) is 109 Å². The molecule has 8 heterocycles. The molecule has 8 aliphatic heterocycles. The standard InChI is InChI=1S/C92H148O46/c1-13-35(3)46(126-54(102)25-40(97)24-47(36(4)14-2)127-82-64(112)59(107)49(30-94)128-82)23-39(96)26-55(103)131-71-38(6)125-84(75(67(71)115)136-81-66(114)61(109)70(37(5)124-81)132-80-69(117)72(45(100)33-123-80)133-78-62(110)56(104)43(98)31-121-78)138-86(120)92-22-21-87(7,8)27-42(92)41-15-16-51-88(9)19-18-53(89(10,34-95)50(88)17-20-90(51,11)91(41,12)28-52(92)101)130-85-76(137-83-65(113)60(108)58(106)48(29-93)129-83)73(68(116)74(135-85)77(118)119)134-79-63(111)57(105)44(99)32-122-79/h15,34-40,42-53,56-76,78-85,93-94,96-101,104-117H,13-14,16-33H2,1-12H3,(H,118,119)/t35-,36-,37?,38?,39-,40-,42?,43?,44+,45?,46-,47-,48?,49-,50?,51?,52+,53-,56-,57?,58-,59?,60?,61?,62?,63?,64?,65?,66?,67?,68-,69?,70-,71+,72-,73?,74?,75?,76?,78+,79-,80+,81-,82+,83-,84-,85+,88-,89-,90+,91+,92+/m0/s1. The highest BCUT2D eigenvalue weighted by atomic mass is 16.8. The maximum absolute atomic E-state index is 16.4. The van der Waals surface area contributed by atoms with Crippen molar-refractivity contribution in [2.24, 2.45) is 62.1 Å². The van der Waals surface area contributed by atoms with Crippen LogP contribution in [0.4, 0.5) is 0 Å². The van der Waals surface area contributed by atoms with Gasteiger partial charge in [0, 0.05) is 12.8 Å². The van der Waals surface area contributed by atoms with Crippen molar-refractivity contribution >= 4 is 30.2 Å². The summed E-state index contributed by atoms with van der Waals surface area (Å²) < 4.78 is 108. The number of hydrogen-bond acceptors (Lipinski definition) is 45. The first-order chi connectivity index (χ1) is 64.8. The minimum Gasteiger partial charge on any atom is -0.479 e. The van der Waals surface area contributed by atoms with Crippen molar-refractivity contribution < 1.29 is 227 Å². The highest BCUT2D eigenvalue weighted by Gasteiger charge is 2.74. The molecule has 0 aromatic heterocycles. The van der Waals surface area contributed by atoms with Crippen LogP contribution in [0.3, 0.4) is 0 Å². The van der Waals surface area contributed by atoms with Crippen LogP contribution in [0.15, 0.2) is 11.6 Å². The molecule has 46 heteroatoms. The predicted octanol–water partition coefficient (Wildman–Crippen LogP) is -5.69. The van der Waals surface area contributed by atoms with E-state index in [1.165, 1.54) is 13.8 Å². The molecule has 12 fully saturated rings. The molecule has 46 nitrogen and oxygen atoms in total. The van der Waals surface area contributed by atoms with Crippen LogP contribution in [-0.4, -0.2) is 439 Å². The summed E-state index contributed by atoms with van der Waals surface area (Å²) in [5.74, 6) is -7.25. The number of carboxylic acid groups (broad SMARTS) is 1. The number of aliphatic carboxylic acids is 1. The zero-order chi connectivity index (χ0) is 101. The van der Waals surface area contributed by atoms with Gasteiger partial charge in [-0.15, -0.1) is 0 Å². The summed E-state index contributed by atoms with van der Waals surface area (Å²) in [6.07, 6.45) is -69.7. The minimum atomic E-state index is -2.27. The molecule has 0 amide bonds. The smallest absolute Gasteiger partial charge is 0.335 e. The number of carboxylic acids is 1. The summed E-state index contributed by atoms with van der Waals surface area (Å²) in [6, 6.07) is 0. The molecule has 0 spiro atoms. The van der Waals surface area contributed by atoms with Gasteiger partial charge in [-0.05, 0) is 123 Å². The molecule has 52 atom stereocenters. The lowest BCUT2D eigenvalue weighted by atomic mass is 9.33. The molecule has 0 radical (unpaired) electrons. The Labute approximate surface area is 797 Å². The van der Waals surface area contributed by atoms with Crippen LogP contribution < -0.4 is 0 Å². The summed E-state index contributed by atoms with van der Waals surface area (Å²) >= 11 is 0. The third kappa shape index (κ3) is 21.6. The molecule has 23 N–H and O–H groups in total. The maximum Gasteiger partial charge on any atom is 0.335 e. The Bertz CT molecular complexity index is 4080. The van der Waals surface area contributed by atoms with Crippen molar-refractivity contribution in [3.05, 3.63) is 11.6 Å². The fourth-order valence-corrected chi connectivity index (χ4v) is 24.1. The first kappa shape index (κ1) is 111. The van der Waals surface area contributed by atoms with E-state index in [2.05, 4.69) is 26.8 Å². The quantitative estimate of drug-likeness (QED) is 0.00939. The van der Waals surface area contributed by atoms with E-state index in [4.69, 9.17) is 85.3 Å². The number of rotatable bonds is 34. The molecule has 5 aliphatic carbocycles. The molecule has 792 valence electrons. The molecule has 0 bridgehead atoms. The second-order valence-corrected chi connectivity index (χ2v) is 42.5. The van der Waals surface area contributed by atoms with Gasteiger partial charge in [0.05, 0.1) is 94.0 Å². The number of carbonyl (C=O) groups excluding carboxylic acids is 4. The number of esters is 3. The second-order valence-electron chi connectivity index (χ2n) is 42.5. The van der Waals surface area contributed by atoms with Crippen LogP contribution in [0.1, 0.15) is 179 Å². The molecular weight excluding hydrogens is 1840 g/mol. The molecule has 8 saturated heterocycles. The summed E-state index contributed by atoms with van der Waals surface area (Å²) in [7, 11) is 0. The number of aldehydes is 1. The highest BCUT2D eigenvalue weighted by Crippen LogP contribution is 2.76. The fourth-order valence-electron chi connectivity index (χ4n) is 24.1. The predicted molar refractivity (Wildman–Crippen MR) is 458 cm³/mol. The van der Waals surface area contributed by atoms with Crippen molar-refractivity contribution in [1.29, 1.82) is 0 Å². The van der Waals surface area contributed by atoms with Crippen molar-refractivity contribution in [1.82, 2.24) is 0 Å². The van der Waals surface area contributed by atoms with Gasteiger partial charge in [0.25, 0.3) is 0 Å². The lowest BCUT2D eigenvalue weighted by Gasteiger charge is -2.71. The van der Waals surface area contributed by atoms with Crippen molar-refractivity contribution in [3.8, 4) is 0 Å². The van der Waals surface area contributed by atoms with Gasteiger partial charge < -0.3 is 208 Å². The molecule has 13 aliphatic rings. The van der Waals surface area contributed by atoms with Gasteiger partial charge in [-0.25, -0.2) is 4.79 Å². The lowest BCUT2D eigenvalue weighted by molar-refractivity contribution is -0.391. The van der Waals surface area contributed by atoms with Gasteiger partial charge in [0.15, 0.2) is 62.3 Å². The highest BCUT2D eigenvalue weighted by molar-refractivity contribution is 5.80. The molecule has 138 heavy (non-hydrogen) atoms. The fraction of sp³-hybridized carbons (Fsp3) is 0.924. The SMILES string of the molecule is CC[C@H](C)[C@H](C[C@H](O)CC(=O)O[C@@H]1C(C)O[C@@H](OC(=O)[C@]23CCC(C)(C)CC2C2=CCC4[C@@]5(C)CC[C@H](O[C@@H]6OC(C(=O)O)[C@@H](O)C(O[C@@H]7OC[C@@H](O)C(O)C7O)C6O[C@@H]6OC(CO)[C@H](O)C(O)C6O)[C@@](C)(C=O)C5CC[C@@]4(C)[C@]2(C)C[C@H]3O)C(O[C@@H]2OC(C)[C@H](O[C@H]3OCC(O)[C@H](O[C@H]4OCC(O)[C@H](O)C4O)C3O)C(O)C2O)C1O)OC(=O)C[C@@H](O)C[C@H](O[C@@H]1O[C@@H](CO)C(O)C1O)[C@@H](C)CC. The Kier molecular flexibility index (Phi) is 35.8. The van der Waals surface area contributed by atoms with Crippen molar-refractivity contribution in [3.63, 3.8) is 0 Å². The van der Waals surface area contributed by atoms with Crippen molar-refractivity contribution in [2.75, 3.05) is 33.0 Å². The van der Waals surface area contributed by atoms with Crippen LogP contribution >= 0.6 is 0 Å². The number of carbonyl (C=O) groups is 5. The lowest BCUT2D eigenvalue weighted by Crippen LogP contribution is -2.69. The average Bonchev–Trinajstić information content (AvgIpc) is 0.703. The Morgan fingerprint density at radius 2 is 0.978 bits per heavy atom. The Morgan fingerprint density at radius 3 is 1.58 bits per heavy atom. The van der Waals surface area contributed by atoms with Gasteiger partial charge in [0.2, 0.25) is 6.29 Å². The van der Waals surface area contributed by atoms with Gasteiger partial charge in [-0.3, -0.25) is 14.4 Å².